The minimum Gasteiger partial charge on any atom is -0.545 e. The summed E-state index contributed by atoms with van der Waals surface area (Å²) in [6, 6.07) is 0. The Labute approximate surface area is 498 Å². The highest BCUT2D eigenvalue weighted by atomic mass is 16.7. The monoisotopic (exact) mass is 1130 g/mol. The van der Waals surface area contributed by atoms with Crippen molar-refractivity contribution >= 4 is 17.9 Å². The van der Waals surface area contributed by atoms with Crippen LogP contribution in [0.15, 0.2) is 109 Å². The fourth-order valence-corrected chi connectivity index (χ4v) is 9.00. The molecule has 0 heterocycles. The molecule has 2 atom stereocenters. The number of carboxylic acids is 1. The first kappa shape index (κ1) is 77.0. The van der Waals surface area contributed by atoms with Crippen LogP contribution >= 0.6 is 0 Å². The van der Waals surface area contributed by atoms with Gasteiger partial charge in [-0.3, -0.25) is 9.59 Å². The van der Waals surface area contributed by atoms with E-state index in [1.54, 1.807) is 0 Å². The number of carboxylic acid groups (broad SMARTS) is 1. The molecule has 0 N–H and O–H groups in total. The normalized spacial score (nSPS) is 13.4. The third-order valence-corrected chi connectivity index (χ3v) is 14.0. The van der Waals surface area contributed by atoms with Gasteiger partial charge in [-0.05, 0) is 83.5 Å². The third kappa shape index (κ3) is 63.4. The molecule has 0 aliphatic rings. The molecule has 9 nitrogen and oxygen atoms in total. The second-order valence-electron chi connectivity index (χ2n) is 23.0. The molecule has 0 rings (SSSR count). The van der Waals surface area contributed by atoms with E-state index in [4.69, 9.17) is 18.9 Å². The molecule has 81 heavy (non-hydrogen) atoms. The second kappa shape index (κ2) is 62.0. The summed E-state index contributed by atoms with van der Waals surface area (Å²) in [6.45, 7) is 4.63. The van der Waals surface area contributed by atoms with E-state index in [0.29, 0.717) is 17.4 Å². The van der Waals surface area contributed by atoms with E-state index in [1.165, 1.54) is 128 Å². The van der Waals surface area contributed by atoms with Crippen LogP contribution in [0.3, 0.4) is 0 Å². The summed E-state index contributed by atoms with van der Waals surface area (Å²) in [5.41, 5.74) is 0. The van der Waals surface area contributed by atoms with Gasteiger partial charge in [-0.25, -0.2) is 0 Å². The first-order valence-corrected chi connectivity index (χ1v) is 33.0. The zero-order chi connectivity index (χ0) is 59.1. The molecule has 0 radical (unpaired) electrons. The summed E-state index contributed by atoms with van der Waals surface area (Å²) in [4.78, 5) is 37.4. The molecule has 0 amide bonds. The maximum absolute atomic E-state index is 12.9. The molecular weight excluding hydrogens is 1010 g/mol. The smallest absolute Gasteiger partial charge is 0.306 e. The van der Waals surface area contributed by atoms with Crippen LogP contribution in [0.5, 0.6) is 0 Å². The lowest BCUT2D eigenvalue weighted by molar-refractivity contribution is -0.870. The van der Waals surface area contributed by atoms with Crippen molar-refractivity contribution in [2.45, 2.75) is 283 Å². The predicted octanol–water partition coefficient (Wildman–Crippen LogP) is 18.9. The van der Waals surface area contributed by atoms with E-state index >= 15 is 0 Å². The lowest BCUT2D eigenvalue weighted by Gasteiger charge is -2.26. The van der Waals surface area contributed by atoms with E-state index in [9.17, 15) is 19.5 Å². The Kier molecular flexibility index (Phi) is 58.9. The standard InChI is InChI=1S/C72H123NO8/c1-6-8-10-12-14-16-18-20-22-24-26-28-30-31-32-33-34-35-36-37-38-39-41-43-45-47-49-51-53-55-57-59-61-63-70(75)81-68(67-80-72(71(76)77)78-65-64-73(3,4)5)66-79-69(74)62-60-58-56-54-52-50-48-46-44-42-40-29-27-25-23-21-19-17-15-13-11-9-7-2/h8,10,14,16,20,22,26,28,31-32,34-35,37-38,41,43,47,49,68,72H,6-7,9,11-13,15,17-19,21,23-25,27,29-30,33,36,39-40,42,44-46,48,50-67H2,1-5H3/b10-8-,16-14-,22-20-,28-26-,32-31-,35-34-,38-37-,43-41-,49-47-. The Morgan fingerprint density at radius 3 is 1.05 bits per heavy atom. The highest BCUT2D eigenvalue weighted by Gasteiger charge is 2.22. The molecule has 0 bridgehead atoms. The number of hydrogen-bond donors (Lipinski definition) is 0. The van der Waals surface area contributed by atoms with Gasteiger partial charge in [0.1, 0.15) is 13.2 Å². The summed E-state index contributed by atoms with van der Waals surface area (Å²) >= 11 is 0. The number of esters is 2. The SMILES string of the molecule is CC/C=C\C/C=C\C/C=C\C/C=C\C/C=C\C/C=C\C/C=C\C/C=C\C/C=C\CCCCCCCC(=O)OC(COC(=O)CCCCCCCCCCCCCCCCCCCCCCCCC)COC(OCC[N+](C)(C)C)C(=O)[O-]. The molecule has 464 valence electrons. The molecule has 0 aromatic heterocycles. The van der Waals surface area contributed by atoms with Gasteiger partial charge in [0.2, 0.25) is 0 Å². The van der Waals surface area contributed by atoms with Gasteiger partial charge in [0.15, 0.2) is 12.4 Å². The summed E-state index contributed by atoms with van der Waals surface area (Å²) in [7, 11) is 5.92. The molecule has 0 spiro atoms. The van der Waals surface area contributed by atoms with Gasteiger partial charge in [-0.15, -0.1) is 0 Å². The highest BCUT2D eigenvalue weighted by Crippen LogP contribution is 2.17. The van der Waals surface area contributed by atoms with Crippen molar-refractivity contribution in [1.82, 2.24) is 0 Å². The lowest BCUT2D eigenvalue weighted by Crippen LogP contribution is -2.44. The van der Waals surface area contributed by atoms with Gasteiger partial charge < -0.3 is 33.3 Å². The van der Waals surface area contributed by atoms with Gasteiger partial charge in [-0.2, -0.15) is 0 Å². The first-order valence-electron chi connectivity index (χ1n) is 33.0. The topological polar surface area (TPSA) is 111 Å². The highest BCUT2D eigenvalue weighted by molar-refractivity contribution is 5.70. The number of quaternary nitrogens is 1. The van der Waals surface area contributed by atoms with E-state index in [-0.39, 0.29) is 38.6 Å². The minimum atomic E-state index is -1.63. The lowest BCUT2D eigenvalue weighted by atomic mass is 10.0. The van der Waals surface area contributed by atoms with Crippen molar-refractivity contribution in [1.29, 1.82) is 0 Å². The van der Waals surface area contributed by atoms with Crippen molar-refractivity contribution < 1.29 is 42.9 Å². The zero-order valence-electron chi connectivity index (χ0n) is 52.9. The number of rotatable bonds is 60. The fourth-order valence-electron chi connectivity index (χ4n) is 9.00. The Balaban J connectivity index is 4.24. The number of ether oxygens (including phenoxy) is 4. The predicted molar refractivity (Wildman–Crippen MR) is 343 cm³/mol. The third-order valence-electron chi connectivity index (χ3n) is 14.0. The molecule has 0 saturated carbocycles. The number of carbonyl (C=O) groups excluding carboxylic acids is 3. The number of hydrogen-bond acceptors (Lipinski definition) is 8. The fraction of sp³-hybridized carbons (Fsp3) is 0.708. The Morgan fingerprint density at radius 1 is 0.383 bits per heavy atom. The van der Waals surface area contributed by atoms with Gasteiger partial charge in [0, 0.05) is 12.8 Å². The van der Waals surface area contributed by atoms with Crippen LogP contribution in [0.2, 0.25) is 0 Å². The molecule has 0 fully saturated rings. The van der Waals surface area contributed by atoms with Crippen molar-refractivity contribution in [3.8, 4) is 0 Å². The molecule has 2 unspecified atom stereocenters. The number of nitrogens with zero attached hydrogens (tertiary/aromatic N) is 1. The van der Waals surface area contributed by atoms with Gasteiger partial charge in [0.25, 0.3) is 0 Å². The van der Waals surface area contributed by atoms with Gasteiger partial charge in [-0.1, -0.05) is 284 Å². The molecule has 0 aromatic carbocycles. The number of aliphatic carboxylic acids is 1. The van der Waals surface area contributed by atoms with Crippen LogP contribution in [-0.2, 0) is 33.3 Å². The summed E-state index contributed by atoms with van der Waals surface area (Å²) in [6.07, 6.45) is 83.0. The molecule has 0 aliphatic heterocycles. The summed E-state index contributed by atoms with van der Waals surface area (Å²) in [5, 5.41) is 11.8. The average molecular weight is 1130 g/mol. The zero-order valence-corrected chi connectivity index (χ0v) is 52.9. The van der Waals surface area contributed by atoms with Crippen LogP contribution in [0.4, 0.5) is 0 Å². The van der Waals surface area contributed by atoms with E-state index in [2.05, 4.69) is 123 Å². The van der Waals surface area contributed by atoms with Crippen LogP contribution in [-0.4, -0.2) is 82.3 Å². The van der Waals surface area contributed by atoms with Crippen LogP contribution in [0.1, 0.15) is 271 Å². The van der Waals surface area contributed by atoms with E-state index in [0.717, 1.165) is 109 Å². The van der Waals surface area contributed by atoms with Crippen LogP contribution in [0.25, 0.3) is 0 Å². The Bertz CT molecular complexity index is 1700. The number of carbonyl (C=O) groups is 3. The van der Waals surface area contributed by atoms with Crippen molar-refractivity contribution in [2.75, 3.05) is 47.5 Å². The maximum atomic E-state index is 12.9. The number of likely N-dealkylation sites (N-methyl/N-ethyl adjacent to an activating group) is 1. The first-order chi connectivity index (χ1) is 39.6. The summed E-state index contributed by atoms with van der Waals surface area (Å²) < 4.78 is 22.7. The average Bonchev–Trinajstić information content (AvgIpc) is 3.44. The van der Waals surface area contributed by atoms with Crippen molar-refractivity contribution in [3.63, 3.8) is 0 Å². The second-order valence-corrected chi connectivity index (χ2v) is 23.0. The Hall–Kier alpha value is -4.05. The molecule has 0 saturated heterocycles. The van der Waals surface area contributed by atoms with Crippen LogP contribution < -0.4 is 5.11 Å². The van der Waals surface area contributed by atoms with Crippen LogP contribution in [0, 0.1) is 0 Å². The van der Waals surface area contributed by atoms with E-state index < -0.39 is 24.3 Å². The largest absolute Gasteiger partial charge is 0.545 e. The molecule has 0 aromatic rings. The van der Waals surface area contributed by atoms with Crippen molar-refractivity contribution in [3.05, 3.63) is 109 Å². The molecule has 9 heteroatoms. The number of unbranched alkanes of at least 4 members (excludes halogenated alkanes) is 27. The molecule has 0 aliphatic carbocycles. The maximum Gasteiger partial charge on any atom is 0.306 e. The van der Waals surface area contributed by atoms with E-state index in [1.807, 2.05) is 21.1 Å². The Morgan fingerprint density at radius 2 is 0.704 bits per heavy atom. The number of allylic oxidation sites excluding steroid dienone is 18. The van der Waals surface area contributed by atoms with Gasteiger partial charge in [0.05, 0.1) is 40.3 Å². The summed E-state index contributed by atoms with van der Waals surface area (Å²) in [5.74, 6) is -2.31. The van der Waals surface area contributed by atoms with Crippen molar-refractivity contribution in [2.24, 2.45) is 0 Å². The molecular formula is C72H123NO8. The minimum absolute atomic E-state index is 0.139. The quantitative estimate of drug-likeness (QED) is 0.0195. The van der Waals surface area contributed by atoms with Gasteiger partial charge >= 0.3 is 11.9 Å².